The Labute approximate surface area is 118 Å². The van der Waals surface area contributed by atoms with E-state index in [2.05, 4.69) is 63.4 Å². The molecule has 0 aliphatic heterocycles. The molecule has 0 spiro atoms. The largest absolute Gasteiger partial charge is 0.381 e. The lowest BCUT2D eigenvalue weighted by atomic mass is 10.2. The molecule has 100 valence electrons. The molecule has 0 bridgehead atoms. The highest BCUT2D eigenvalue weighted by Gasteiger charge is 1.96. The minimum atomic E-state index is 0.849. The van der Waals surface area contributed by atoms with E-state index < -0.39 is 0 Å². The summed E-state index contributed by atoms with van der Waals surface area (Å²) < 4.78 is 2.06. The van der Waals surface area contributed by atoms with E-state index in [0.29, 0.717) is 0 Å². The van der Waals surface area contributed by atoms with Gasteiger partial charge in [0, 0.05) is 31.2 Å². The van der Waals surface area contributed by atoms with Crippen LogP contribution in [0.3, 0.4) is 0 Å². The Hall–Kier alpha value is -2.55. The average molecular weight is 263 g/mol. The summed E-state index contributed by atoms with van der Waals surface area (Å²) in [5.41, 5.74) is 3.70. The number of aromatic nitrogens is 2. The first kappa shape index (κ1) is 12.5. The van der Waals surface area contributed by atoms with Crippen molar-refractivity contribution >= 4 is 5.69 Å². The third-order valence-corrected chi connectivity index (χ3v) is 3.22. The van der Waals surface area contributed by atoms with Crippen molar-refractivity contribution < 1.29 is 0 Å². The monoisotopic (exact) mass is 263 g/mol. The first-order valence-corrected chi connectivity index (χ1v) is 6.73. The van der Waals surface area contributed by atoms with E-state index in [9.17, 15) is 0 Å². The number of nitrogens with one attached hydrogen (secondary N) is 1. The highest BCUT2D eigenvalue weighted by Crippen LogP contribution is 2.12. The van der Waals surface area contributed by atoms with Gasteiger partial charge in [-0.05, 0) is 23.3 Å². The molecular weight excluding hydrogens is 246 g/mol. The van der Waals surface area contributed by atoms with E-state index in [1.165, 1.54) is 11.1 Å². The van der Waals surface area contributed by atoms with Crippen molar-refractivity contribution in [3.63, 3.8) is 0 Å². The second kappa shape index (κ2) is 6.06. The molecular formula is C17H17N3. The molecule has 20 heavy (non-hydrogen) atoms. The van der Waals surface area contributed by atoms with Gasteiger partial charge in [-0.1, -0.05) is 42.5 Å². The highest BCUT2D eigenvalue weighted by molar-refractivity contribution is 5.45. The lowest BCUT2D eigenvalue weighted by Gasteiger charge is -2.08. The van der Waals surface area contributed by atoms with Crippen molar-refractivity contribution in [3.05, 3.63) is 84.4 Å². The maximum absolute atomic E-state index is 4.05. The average Bonchev–Trinajstić information content (AvgIpc) is 3.01. The molecule has 1 N–H and O–H groups in total. The Morgan fingerprint density at radius 1 is 0.900 bits per heavy atom. The van der Waals surface area contributed by atoms with Crippen LogP contribution in [0, 0.1) is 0 Å². The molecule has 0 atom stereocenters. The smallest absolute Gasteiger partial charge is 0.0949 e. The van der Waals surface area contributed by atoms with Crippen LogP contribution in [0.25, 0.3) is 0 Å². The summed E-state index contributed by atoms with van der Waals surface area (Å²) >= 11 is 0. The third-order valence-electron chi connectivity index (χ3n) is 3.22. The summed E-state index contributed by atoms with van der Waals surface area (Å²) in [6.07, 6.45) is 5.61. The lowest BCUT2D eigenvalue weighted by Crippen LogP contribution is -2.00. The molecule has 1 aromatic heterocycles. The van der Waals surface area contributed by atoms with Crippen LogP contribution < -0.4 is 5.32 Å². The molecule has 0 amide bonds. The Kier molecular flexibility index (Phi) is 3.78. The quantitative estimate of drug-likeness (QED) is 0.763. The van der Waals surface area contributed by atoms with Gasteiger partial charge < -0.3 is 9.88 Å². The summed E-state index contributed by atoms with van der Waals surface area (Å²) in [5, 5.41) is 3.43. The van der Waals surface area contributed by atoms with E-state index in [0.717, 1.165) is 18.8 Å². The van der Waals surface area contributed by atoms with Gasteiger partial charge >= 0.3 is 0 Å². The van der Waals surface area contributed by atoms with E-state index in [-0.39, 0.29) is 0 Å². The van der Waals surface area contributed by atoms with E-state index in [1.54, 1.807) is 6.20 Å². The van der Waals surface area contributed by atoms with Gasteiger partial charge in [0.2, 0.25) is 0 Å². The van der Waals surface area contributed by atoms with Crippen LogP contribution in [-0.4, -0.2) is 9.55 Å². The summed E-state index contributed by atoms with van der Waals surface area (Å²) in [4.78, 5) is 4.05. The molecule has 3 heteroatoms. The molecule has 0 radical (unpaired) electrons. The maximum atomic E-state index is 4.05. The van der Waals surface area contributed by atoms with Gasteiger partial charge in [-0.25, -0.2) is 4.98 Å². The number of hydrogen-bond donors (Lipinski definition) is 1. The first-order chi connectivity index (χ1) is 9.90. The van der Waals surface area contributed by atoms with Crippen molar-refractivity contribution in [2.75, 3.05) is 5.32 Å². The zero-order chi connectivity index (χ0) is 13.6. The van der Waals surface area contributed by atoms with Gasteiger partial charge in [0.15, 0.2) is 0 Å². The first-order valence-electron chi connectivity index (χ1n) is 6.73. The van der Waals surface area contributed by atoms with Crippen LogP contribution in [0.2, 0.25) is 0 Å². The minimum Gasteiger partial charge on any atom is -0.381 e. The Morgan fingerprint density at radius 3 is 2.40 bits per heavy atom. The standard InChI is InChI=1S/C17H17N3/c1-2-4-15(5-3-1)12-19-17-8-6-16(7-9-17)13-20-11-10-18-14-20/h1-11,14,19H,12-13H2. The molecule has 0 aliphatic rings. The fourth-order valence-corrected chi connectivity index (χ4v) is 2.12. The fourth-order valence-electron chi connectivity index (χ4n) is 2.12. The number of imidazole rings is 1. The number of rotatable bonds is 5. The summed E-state index contributed by atoms with van der Waals surface area (Å²) in [5.74, 6) is 0. The topological polar surface area (TPSA) is 29.9 Å². The Morgan fingerprint density at radius 2 is 1.70 bits per heavy atom. The fraction of sp³-hybridized carbons (Fsp3) is 0.118. The molecule has 1 heterocycles. The summed E-state index contributed by atoms with van der Waals surface area (Å²) in [7, 11) is 0. The minimum absolute atomic E-state index is 0.849. The molecule has 0 saturated heterocycles. The predicted molar refractivity (Wildman–Crippen MR) is 81.5 cm³/mol. The second-order valence-electron chi connectivity index (χ2n) is 4.77. The van der Waals surface area contributed by atoms with Crippen LogP contribution >= 0.6 is 0 Å². The van der Waals surface area contributed by atoms with Gasteiger partial charge in [-0.15, -0.1) is 0 Å². The predicted octanol–water partition coefficient (Wildman–Crippen LogP) is 3.54. The van der Waals surface area contributed by atoms with E-state index >= 15 is 0 Å². The number of hydrogen-bond acceptors (Lipinski definition) is 2. The Balaban J connectivity index is 1.59. The molecule has 0 fully saturated rings. The van der Waals surface area contributed by atoms with Crippen LogP contribution in [0.5, 0.6) is 0 Å². The van der Waals surface area contributed by atoms with Crippen molar-refractivity contribution in [2.24, 2.45) is 0 Å². The van der Waals surface area contributed by atoms with Crippen LogP contribution in [0.1, 0.15) is 11.1 Å². The molecule has 0 aliphatic carbocycles. The highest BCUT2D eigenvalue weighted by atomic mass is 15.0. The zero-order valence-electron chi connectivity index (χ0n) is 11.2. The number of nitrogens with zero attached hydrogens (tertiary/aromatic N) is 2. The molecule has 3 aromatic rings. The second-order valence-corrected chi connectivity index (χ2v) is 4.77. The maximum Gasteiger partial charge on any atom is 0.0949 e. The van der Waals surface area contributed by atoms with Crippen molar-refractivity contribution in [3.8, 4) is 0 Å². The van der Waals surface area contributed by atoms with Gasteiger partial charge in [0.25, 0.3) is 0 Å². The molecule has 3 nitrogen and oxygen atoms in total. The third kappa shape index (κ3) is 3.26. The Bertz CT molecular complexity index is 628. The van der Waals surface area contributed by atoms with Crippen LogP contribution in [0.15, 0.2) is 73.3 Å². The van der Waals surface area contributed by atoms with Crippen LogP contribution in [0.4, 0.5) is 5.69 Å². The van der Waals surface area contributed by atoms with E-state index in [4.69, 9.17) is 0 Å². The van der Waals surface area contributed by atoms with Gasteiger partial charge in [-0.3, -0.25) is 0 Å². The van der Waals surface area contributed by atoms with E-state index in [1.807, 2.05) is 18.6 Å². The number of benzene rings is 2. The molecule has 0 saturated carbocycles. The SMILES string of the molecule is c1ccc(CNc2ccc(Cn3ccnc3)cc2)cc1. The molecule has 2 aromatic carbocycles. The lowest BCUT2D eigenvalue weighted by molar-refractivity contribution is 0.797. The van der Waals surface area contributed by atoms with Gasteiger partial charge in [0.1, 0.15) is 0 Å². The van der Waals surface area contributed by atoms with Gasteiger partial charge in [0.05, 0.1) is 6.33 Å². The van der Waals surface area contributed by atoms with Crippen molar-refractivity contribution in [1.82, 2.24) is 9.55 Å². The molecule has 3 rings (SSSR count). The normalized spacial score (nSPS) is 10.4. The summed E-state index contributed by atoms with van der Waals surface area (Å²) in [6.45, 7) is 1.71. The van der Waals surface area contributed by atoms with Gasteiger partial charge in [-0.2, -0.15) is 0 Å². The van der Waals surface area contributed by atoms with Crippen molar-refractivity contribution in [1.29, 1.82) is 0 Å². The summed E-state index contributed by atoms with van der Waals surface area (Å²) in [6, 6.07) is 18.9. The van der Waals surface area contributed by atoms with Crippen LogP contribution in [-0.2, 0) is 13.1 Å². The zero-order valence-corrected chi connectivity index (χ0v) is 11.2. The number of anilines is 1. The van der Waals surface area contributed by atoms with Crippen molar-refractivity contribution in [2.45, 2.75) is 13.1 Å². The molecule has 0 unspecified atom stereocenters.